The summed E-state index contributed by atoms with van der Waals surface area (Å²) < 4.78 is 0. The van der Waals surface area contributed by atoms with Crippen LogP contribution in [0.5, 0.6) is 0 Å². The fourth-order valence-corrected chi connectivity index (χ4v) is 5.22. The summed E-state index contributed by atoms with van der Waals surface area (Å²) >= 11 is 0. The summed E-state index contributed by atoms with van der Waals surface area (Å²) in [4.78, 5) is 0. The van der Waals surface area contributed by atoms with E-state index in [2.05, 4.69) is 96.3 Å². The molecule has 0 unspecified atom stereocenters. The first-order valence-corrected chi connectivity index (χ1v) is 10.9. The summed E-state index contributed by atoms with van der Waals surface area (Å²) in [5.74, 6) is 0.321. The molecular weight excluding hydrogens is 375 g/mol. The van der Waals surface area contributed by atoms with Crippen LogP contribution in [0.3, 0.4) is 0 Å². The van der Waals surface area contributed by atoms with Gasteiger partial charge in [0.05, 0.1) is 0 Å². The predicted octanol–water partition coefficient (Wildman–Crippen LogP) is 5.70. The van der Waals surface area contributed by atoms with E-state index in [-0.39, 0.29) is 6.85 Å². The monoisotopic (exact) mass is 398 g/mol. The smallest absolute Gasteiger partial charge is 0.291 e. The quantitative estimate of drug-likeness (QED) is 0.343. The Bertz CT molecular complexity index is 1350. The number of allylic oxidation sites excluding steroid dienone is 4. The third-order valence-corrected chi connectivity index (χ3v) is 6.59. The zero-order valence-electron chi connectivity index (χ0n) is 17.3. The van der Waals surface area contributed by atoms with Gasteiger partial charge in [0.2, 0.25) is 0 Å². The number of hydrogen-bond acceptors (Lipinski definition) is 2. The lowest BCUT2D eigenvalue weighted by Gasteiger charge is -2.30. The number of nitrogens with one attached hydrogen (secondary N) is 1. The van der Waals surface area contributed by atoms with Crippen molar-refractivity contribution in [2.75, 3.05) is 11.0 Å². The molecule has 1 aliphatic carbocycles. The molecule has 3 N–H and O–H groups in total. The highest BCUT2D eigenvalue weighted by Gasteiger charge is 2.32. The van der Waals surface area contributed by atoms with E-state index < -0.39 is 0 Å². The average molecular weight is 398 g/mol. The Morgan fingerprint density at radius 1 is 0.774 bits per heavy atom. The number of hydrogen-bond donors (Lipinski definition) is 2. The average Bonchev–Trinajstić information content (AvgIpc) is 3.34. The Labute approximate surface area is 183 Å². The first-order chi connectivity index (χ1) is 15.3. The number of nitrogen functional groups attached to an aromatic ring is 1. The highest BCUT2D eigenvalue weighted by molar-refractivity contribution is 6.78. The second-order valence-corrected chi connectivity index (χ2v) is 8.41. The minimum absolute atomic E-state index is 0.175. The van der Waals surface area contributed by atoms with E-state index in [1.54, 1.807) is 0 Å². The van der Waals surface area contributed by atoms with Gasteiger partial charge in [-0.05, 0) is 51.6 Å². The number of nitrogens with two attached hydrogens (primary N) is 1. The molecule has 3 heteroatoms. The SMILES string of the molecule is Nc1cccc2cccc(NB3Cc4ccccc4-c4cccc(C5C=CC=C5)c43)c12. The van der Waals surface area contributed by atoms with Gasteiger partial charge in [0.15, 0.2) is 0 Å². The minimum Gasteiger partial charge on any atom is -0.423 e. The molecule has 4 aromatic rings. The van der Waals surface area contributed by atoms with Gasteiger partial charge in [-0.15, -0.1) is 0 Å². The lowest BCUT2D eigenvalue weighted by Crippen LogP contribution is -2.46. The van der Waals surface area contributed by atoms with E-state index in [1.165, 1.54) is 27.7 Å². The van der Waals surface area contributed by atoms with Crippen LogP contribution in [-0.2, 0) is 6.32 Å². The van der Waals surface area contributed by atoms with Gasteiger partial charge < -0.3 is 11.0 Å². The Morgan fingerprint density at radius 2 is 1.52 bits per heavy atom. The highest BCUT2D eigenvalue weighted by atomic mass is 14.8. The van der Waals surface area contributed by atoms with Crippen molar-refractivity contribution in [3.05, 3.63) is 114 Å². The summed E-state index contributed by atoms with van der Waals surface area (Å²) in [6.45, 7) is 0.175. The molecule has 4 aromatic carbocycles. The molecule has 0 amide bonds. The fourth-order valence-electron chi connectivity index (χ4n) is 5.22. The van der Waals surface area contributed by atoms with Gasteiger partial charge in [-0.25, -0.2) is 0 Å². The molecule has 0 radical (unpaired) electrons. The largest absolute Gasteiger partial charge is 0.423 e. The summed E-state index contributed by atoms with van der Waals surface area (Å²) in [7, 11) is 0. The van der Waals surface area contributed by atoms with E-state index >= 15 is 0 Å². The molecule has 148 valence electrons. The number of anilines is 2. The molecule has 0 atom stereocenters. The van der Waals surface area contributed by atoms with Crippen LogP contribution in [0.2, 0.25) is 0 Å². The molecule has 0 saturated heterocycles. The topological polar surface area (TPSA) is 38.0 Å². The molecule has 6 rings (SSSR count). The first kappa shape index (κ1) is 18.1. The van der Waals surface area contributed by atoms with Gasteiger partial charge in [0, 0.05) is 22.7 Å². The number of rotatable bonds is 3. The maximum Gasteiger partial charge on any atom is 0.291 e. The van der Waals surface area contributed by atoms with Crippen molar-refractivity contribution in [1.29, 1.82) is 0 Å². The van der Waals surface area contributed by atoms with Crippen LogP contribution in [0.15, 0.2) is 103 Å². The second kappa shape index (κ2) is 7.21. The molecule has 1 aliphatic heterocycles. The van der Waals surface area contributed by atoms with Gasteiger partial charge in [-0.3, -0.25) is 0 Å². The van der Waals surface area contributed by atoms with Gasteiger partial charge in [-0.2, -0.15) is 0 Å². The van der Waals surface area contributed by atoms with Gasteiger partial charge >= 0.3 is 0 Å². The van der Waals surface area contributed by atoms with Crippen LogP contribution < -0.4 is 16.4 Å². The van der Waals surface area contributed by atoms with Crippen molar-refractivity contribution in [1.82, 2.24) is 0 Å². The second-order valence-electron chi connectivity index (χ2n) is 8.41. The summed E-state index contributed by atoms with van der Waals surface area (Å²) in [6, 6.07) is 28.1. The van der Waals surface area contributed by atoms with E-state index in [9.17, 15) is 0 Å². The van der Waals surface area contributed by atoms with E-state index in [1.807, 2.05) is 12.1 Å². The third kappa shape index (κ3) is 2.97. The third-order valence-electron chi connectivity index (χ3n) is 6.59. The molecule has 31 heavy (non-hydrogen) atoms. The van der Waals surface area contributed by atoms with Crippen LogP contribution in [0.4, 0.5) is 11.4 Å². The molecular formula is C28H23BN2. The Hall–Kier alpha value is -3.72. The normalized spacial score (nSPS) is 14.6. The van der Waals surface area contributed by atoms with Crippen LogP contribution >= 0.6 is 0 Å². The molecule has 1 heterocycles. The molecule has 0 bridgehead atoms. The van der Waals surface area contributed by atoms with Crippen molar-refractivity contribution in [3.8, 4) is 11.1 Å². The molecule has 0 aromatic heterocycles. The molecule has 0 saturated carbocycles. The fraction of sp³-hybridized carbons (Fsp3) is 0.0714. The first-order valence-electron chi connectivity index (χ1n) is 10.9. The summed E-state index contributed by atoms with van der Waals surface area (Å²) in [5.41, 5.74) is 15.2. The van der Waals surface area contributed by atoms with E-state index in [0.29, 0.717) is 5.92 Å². The summed E-state index contributed by atoms with van der Waals surface area (Å²) in [5, 5.41) is 6.16. The van der Waals surface area contributed by atoms with Crippen LogP contribution in [0, 0.1) is 0 Å². The Morgan fingerprint density at radius 3 is 2.39 bits per heavy atom. The Balaban J connectivity index is 1.54. The van der Waals surface area contributed by atoms with Gasteiger partial charge in [0.1, 0.15) is 0 Å². The van der Waals surface area contributed by atoms with Crippen molar-refractivity contribution in [2.45, 2.75) is 12.2 Å². The zero-order chi connectivity index (χ0) is 20.8. The molecule has 2 aliphatic rings. The Kier molecular flexibility index (Phi) is 4.21. The number of benzene rings is 4. The van der Waals surface area contributed by atoms with E-state index in [0.717, 1.165) is 28.5 Å². The van der Waals surface area contributed by atoms with Crippen LogP contribution in [0.1, 0.15) is 17.0 Å². The van der Waals surface area contributed by atoms with Crippen LogP contribution in [0.25, 0.3) is 21.9 Å². The zero-order valence-corrected chi connectivity index (χ0v) is 17.3. The maximum atomic E-state index is 6.40. The maximum absolute atomic E-state index is 6.40. The molecule has 2 nitrogen and oxygen atoms in total. The van der Waals surface area contributed by atoms with Crippen molar-refractivity contribution < 1.29 is 0 Å². The lowest BCUT2D eigenvalue weighted by atomic mass is 9.45. The standard InChI is InChI=1S/C28H23BN2/c30-25-16-5-11-20-12-6-17-26(27(20)25)31-29-18-21-10-3-4-13-22(21)24-15-7-14-23(28(24)29)19-8-1-2-9-19/h1-17,19,31H,18,30H2. The van der Waals surface area contributed by atoms with Crippen molar-refractivity contribution in [3.63, 3.8) is 0 Å². The van der Waals surface area contributed by atoms with Gasteiger partial charge in [-0.1, -0.05) is 91.0 Å². The highest BCUT2D eigenvalue weighted by Crippen LogP contribution is 2.35. The molecule has 0 fully saturated rings. The van der Waals surface area contributed by atoms with Crippen molar-refractivity contribution >= 4 is 34.5 Å². The van der Waals surface area contributed by atoms with Crippen molar-refractivity contribution in [2.24, 2.45) is 0 Å². The molecule has 0 spiro atoms. The number of fused-ring (bicyclic) bond motifs is 4. The predicted molar refractivity (Wildman–Crippen MR) is 134 cm³/mol. The summed E-state index contributed by atoms with van der Waals surface area (Å²) in [6.07, 6.45) is 9.80. The lowest BCUT2D eigenvalue weighted by molar-refractivity contribution is 1.11. The van der Waals surface area contributed by atoms with Gasteiger partial charge in [0.25, 0.3) is 6.85 Å². The van der Waals surface area contributed by atoms with Crippen LogP contribution in [-0.4, -0.2) is 6.85 Å². The van der Waals surface area contributed by atoms with E-state index in [4.69, 9.17) is 5.73 Å². The minimum atomic E-state index is 0.175.